The number of carbonyl (C=O) groups excluding carboxylic acids is 1. The van der Waals surface area contributed by atoms with Crippen molar-refractivity contribution in [2.45, 2.75) is 32.9 Å². The van der Waals surface area contributed by atoms with Gasteiger partial charge >= 0.3 is 6.03 Å². The minimum atomic E-state index is -0.143. The molecule has 0 bridgehead atoms. The van der Waals surface area contributed by atoms with Crippen molar-refractivity contribution in [1.82, 2.24) is 15.6 Å². The fourth-order valence-corrected chi connectivity index (χ4v) is 2.09. The largest absolute Gasteiger partial charge is 0.336 e. The average Bonchev–Trinajstić information content (AvgIpc) is 2.47. The van der Waals surface area contributed by atoms with Crippen LogP contribution in [0.1, 0.15) is 32.4 Å². The monoisotopic (exact) mass is 283 g/mol. The minimum absolute atomic E-state index is 0.0322. The number of nitrogens with one attached hydrogen (secondary N) is 2. The van der Waals surface area contributed by atoms with Gasteiger partial charge in [0.15, 0.2) is 0 Å². The molecule has 0 aliphatic rings. The third kappa shape index (κ3) is 4.31. The SMILES string of the molecule is CC(C)NC(=O)N[C@H](C)c1ccc(-c2ccncc2)cc1. The van der Waals surface area contributed by atoms with Crippen molar-refractivity contribution in [2.24, 2.45) is 0 Å². The molecule has 1 aromatic heterocycles. The van der Waals surface area contributed by atoms with E-state index < -0.39 is 0 Å². The summed E-state index contributed by atoms with van der Waals surface area (Å²) in [5.74, 6) is 0. The van der Waals surface area contributed by atoms with Crippen molar-refractivity contribution in [3.05, 3.63) is 54.4 Å². The maximum Gasteiger partial charge on any atom is 0.315 e. The summed E-state index contributed by atoms with van der Waals surface area (Å²) in [4.78, 5) is 15.7. The van der Waals surface area contributed by atoms with E-state index in [1.54, 1.807) is 12.4 Å². The highest BCUT2D eigenvalue weighted by molar-refractivity contribution is 5.74. The Morgan fingerprint density at radius 1 is 0.905 bits per heavy atom. The molecule has 21 heavy (non-hydrogen) atoms. The van der Waals surface area contributed by atoms with Gasteiger partial charge in [0.2, 0.25) is 0 Å². The minimum Gasteiger partial charge on any atom is -0.336 e. The summed E-state index contributed by atoms with van der Waals surface area (Å²) in [7, 11) is 0. The first-order chi connectivity index (χ1) is 10.1. The Hall–Kier alpha value is -2.36. The molecule has 0 unspecified atom stereocenters. The van der Waals surface area contributed by atoms with Crippen LogP contribution in [-0.2, 0) is 0 Å². The predicted octanol–water partition coefficient (Wildman–Crippen LogP) is 3.52. The summed E-state index contributed by atoms with van der Waals surface area (Å²) in [6.45, 7) is 5.85. The Balaban J connectivity index is 2.03. The summed E-state index contributed by atoms with van der Waals surface area (Å²) in [5.41, 5.74) is 3.35. The van der Waals surface area contributed by atoms with E-state index in [0.717, 1.165) is 16.7 Å². The first kappa shape index (κ1) is 15.0. The Bertz CT molecular complexity index is 579. The Morgan fingerprint density at radius 2 is 1.48 bits per heavy atom. The molecule has 0 radical (unpaired) electrons. The van der Waals surface area contributed by atoms with E-state index in [0.29, 0.717) is 0 Å². The summed E-state index contributed by atoms with van der Waals surface area (Å²) in [6.07, 6.45) is 3.56. The van der Waals surface area contributed by atoms with Crippen LogP contribution in [-0.4, -0.2) is 17.1 Å². The number of rotatable bonds is 4. The van der Waals surface area contributed by atoms with Crippen LogP contribution in [0.5, 0.6) is 0 Å². The van der Waals surface area contributed by atoms with Crippen molar-refractivity contribution in [3.8, 4) is 11.1 Å². The summed E-state index contributed by atoms with van der Waals surface area (Å²) in [6, 6.07) is 12.1. The van der Waals surface area contributed by atoms with Crippen LogP contribution in [0, 0.1) is 0 Å². The third-order valence-electron chi connectivity index (χ3n) is 3.19. The Labute approximate surface area is 125 Å². The van der Waals surface area contributed by atoms with Crippen LogP contribution < -0.4 is 10.6 Å². The zero-order valence-electron chi connectivity index (χ0n) is 12.6. The van der Waals surface area contributed by atoms with Gasteiger partial charge in [0.1, 0.15) is 0 Å². The molecule has 0 aliphatic carbocycles. The molecule has 0 saturated carbocycles. The number of urea groups is 1. The summed E-state index contributed by atoms with van der Waals surface area (Å²) >= 11 is 0. The number of amides is 2. The Kier molecular flexibility index (Phi) is 4.93. The van der Waals surface area contributed by atoms with Crippen molar-refractivity contribution < 1.29 is 4.79 Å². The van der Waals surface area contributed by atoms with E-state index in [9.17, 15) is 4.79 Å². The van der Waals surface area contributed by atoms with Gasteiger partial charge in [0.25, 0.3) is 0 Å². The molecule has 1 atom stereocenters. The van der Waals surface area contributed by atoms with Gasteiger partial charge in [-0.05, 0) is 49.6 Å². The first-order valence-corrected chi connectivity index (χ1v) is 7.13. The fraction of sp³-hybridized carbons (Fsp3) is 0.294. The molecule has 0 aliphatic heterocycles. The molecular formula is C17H21N3O. The van der Waals surface area contributed by atoms with Gasteiger partial charge in [-0.15, -0.1) is 0 Å². The molecule has 4 heteroatoms. The van der Waals surface area contributed by atoms with Crippen LogP contribution >= 0.6 is 0 Å². The van der Waals surface area contributed by atoms with E-state index in [-0.39, 0.29) is 18.1 Å². The molecule has 2 rings (SSSR count). The number of nitrogens with zero attached hydrogens (tertiary/aromatic N) is 1. The number of aromatic nitrogens is 1. The Morgan fingerprint density at radius 3 is 2.05 bits per heavy atom. The van der Waals surface area contributed by atoms with Gasteiger partial charge in [0, 0.05) is 18.4 Å². The van der Waals surface area contributed by atoms with Crippen molar-refractivity contribution >= 4 is 6.03 Å². The normalized spacial score (nSPS) is 12.0. The molecule has 0 spiro atoms. The molecule has 2 N–H and O–H groups in total. The van der Waals surface area contributed by atoms with Crippen LogP contribution in [0.2, 0.25) is 0 Å². The van der Waals surface area contributed by atoms with E-state index in [1.807, 2.05) is 45.0 Å². The molecule has 1 aromatic carbocycles. The van der Waals surface area contributed by atoms with E-state index in [1.165, 1.54) is 0 Å². The van der Waals surface area contributed by atoms with E-state index in [2.05, 4.69) is 27.8 Å². The summed E-state index contributed by atoms with van der Waals surface area (Å²) in [5, 5.41) is 5.75. The second-order valence-electron chi connectivity index (χ2n) is 5.35. The molecule has 0 fully saturated rings. The topological polar surface area (TPSA) is 54.0 Å². The highest BCUT2D eigenvalue weighted by atomic mass is 16.2. The van der Waals surface area contributed by atoms with E-state index >= 15 is 0 Å². The predicted molar refractivity (Wildman–Crippen MR) is 84.9 cm³/mol. The second-order valence-corrected chi connectivity index (χ2v) is 5.35. The van der Waals surface area contributed by atoms with Crippen LogP contribution in [0.15, 0.2) is 48.8 Å². The lowest BCUT2D eigenvalue weighted by Gasteiger charge is -2.17. The van der Waals surface area contributed by atoms with Crippen LogP contribution in [0.4, 0.5) is 4.79 Å². The molecule has 2 amide bonds. The second kappa shape index (κ2) is 6.88. The maximum atomic E-state index is 11.7. The van der Waals surface area contributed by atoms with Crippen molar-refractivity contribution in [1.29, 1.82) is 0 Å². The zero-order valence-corrected chi connectivity index (χ0v) is 12.6. The van der Waals surface area contributed by atoms with E-state index in [4.69, 9.17) is 0 Å². The lowest BCUT2D eigenvalue weighted by atomic mass is 10.0. The molecule has 2 aromatic rings. The van der Waals surface area contributed by atoms with Crippen molar-refractivity contribution in [2.75, 3.05) is 0 Å². The van der Waals surface area contributed by atoms with Crippen LogP contribution in [0.3, 0.4) is 0 Å². The molecule has 1 heterocycles. The first-order valence-electron chi connectivity index (χ1n) is 7.13. The average molecular weight is 283 g/mol. The van der Waals surface area contributed by atoms with Gasteiger partial charge in [-0.3, -0.25) is 4.98 Å². The third-order valence-corrected chi connectivity index (χ3v) is 3.19. The smallest absolute Gasteiger partial charge is 0.315 e. The number of benzene rings is 1. The lowest BCUT2D eigenvalue weighted by molar-refractivity contribution is 0.235. The van der Waals surface area contributed by atoms with Crippen LogP contribution in [0.25, 0.3) is 11.1 Å². The number of carbonyl (C=O) groups is 1. The highest BCUT2D eigenvalue weighted by Gasteiger charge is 2.10. The maximum absolute atomic E-state index is 11.7. The zero-order chi connectivity index (χ0) is 15.2. The molecule has 4 nitrogen and oxygen atoms in total. The van der Waals surface area contributed by atoms with Gasteiger partial charge in [-0.1, -0.05) is 24.3 Å². The lowest BCUT2D eigenvalue weighted by Crippen LogP contribution is -2.40. The number of hydrogen-bond acceptors (Lipinski definition) is 2. The van der Waals surface area contributed by atoms with Crippen molar-refractivity contribution in [3.63, 3.8) is 0 Å². The quantitative estimate of drug-likeness (QED) is 0.902. The van der Waals surface area contributed by atoms with Gasteiger partial charge in [-0.25, -0.2) is 4.79 Å². The fourth-order valence-electron chi connectivity index (χ4n) is 2.09. The molecule has 110 valence electrons. The van der Waals surface area contributed by atoms with Gasteiger partial charge < -0.3 is 10.6 Å². The highest BCUT2D eigenvalue weighted by Crippen LogP contribution is 2.21. The molecule has 0 saturated heterocycles. The van der Waals surface area contributed by atoms with Gasteiger partial charge in [-0.2, -0.15) is 0 Å². The standard InChI is InChI=1S/C17H21N3O/c1-12(2)19-17(21)20-13(3)14-4-6-15(7-5-14)16-8-10-18-11-9-16/h4-13H,1-3H3,(H2,19,20,21)/t13-/m1/s1. The molecular weight excluding hydrogens is 262 g/mol. The number of pyridine rings is 1. The van der Waals surface area contributed by atoms with Gasteiger partial charge in [0.05, 0.1) is 6.04 Å². The number of hydrogen-bond donors (Lipinski definition) is 2. The summed E-state index contributed by atoms with van der Waals surface area (Å²) < 4.78 is 0.